The smallest absolute Gasteiger partial charge is 0.251 e. The van der Waals surface area contributed by atoms with Crippen molar-refractivity contribution in [3.05, 3.63) is 76.6 Å². The standard InChI is InChI=1S/C21H25N7O2/c1-13(23)11-21(20-25-27-28-26-20,16-7-3-14(4-8-16)18(29)12-22)17-9-5-15(6-10-17)19(30)24-2/h3-10,13H,11-12,22-23H2,1-2H3,(H,24,30)(H,25,26,27,28)/t13-,21?/m1/s1. The summed E-state index contributed by atoms with van der Waals surface area (Å²) in [6.07, 6.45) is 0.482. The molecule has 0 saturated carbocycles. The maximum Gasteiger partial charge on any atom is 0.251 e. The van der Waals surface area contributed by atoms with Crippen molar-refractivity contribution < 1.29 is 9.59 Å². The minimum absolute atomic E-state index is 0.0594. The van der Waals surface area contributed by atoms with E-state index in [0.717, 1.165) is 11.1 Å². The van der Waals surface area contributed by atoms with Gasteiger partial charge in [0.1, 0.15) is 0 Å². The number of hydrogen-bond acceptors (Lipinski definition) is 7. The molecule has 1 unspecified atom stereocenters. The molecule has 0 aliphatic rings. The van der Waals surface area contributed by atoms with Crippen molar-refractivity contribution in [3.8, 4) is 0 Å². The van der Waals surface area contributed by atoms with Gasteiger partial charge < -0.3 is 16.8 Å². The first-order valence-corrected chi connectivity index (χ1v) is 9.58. The molecular weight excluding hydrogens is 382 g/mol. The summed E-state index contributed by atoms with van der Waals surface area (Å²) in [6.45, 7) is 1.84. The average Bonchev–Trinajstić information content (AvgIpc) is 3.32. The Morgan fingerprint density at radius 1 is 1.07 bits per heavy atom. The molecule has 0 saturated heterocycles. The normalized spacial score (nSPS) is 14.0. The van der Waals surface area contributed by atoms with Gasteiger partial charge in [0.2, 0.25) is 0 Å². The predicted octanol–water partition coefficient (Wildman–Crippen LogP) is 0.772. The molecule has 0 aliphatic heterocycles. The Hall–Kier alpha value is -3.43. The average molecular weight is 407 g/mol. The number of ketones is 1. The molecule has 30 heavy (non-hydrogen) atoms. The van der Waals surface area contributed by atoms with E-state index in [1.54, 1.807) is 31.3 Å². The molecule has 2 aromatic carbocycles. The van der Waals surface area contributed by atoms with Crippen molar-refractivity contribution in [2.75, 3.05) is 13.6 Å². The minimum atomic E-state index is -0.827. The summed E-state index contributed by atoms with van der Waals surface area (Å²) in [6, 6.07) is 14.2. The van der Waals surface area contributed by atoms with Gasteiger partial charge in [-0.1, -0.05) is 41.6 Å². The van der Waals surface area contributed by atoms with Gasteiger partial charge in [0.05, 0.1) is 12.0 Å². The molecule has 0 aliphatic carbocycles. The van der Waals surface area contributed by atoms with Crippen LogP contribution < -0.4 is 16.8 Å². The van der Waals surface area contributed by atoms with E-state index in [4.69, 9.17) is 11.5 Å². The SMILES string of the molecule is CNC(=O)c1ccc(C(C[C@@H](C)N)(c2ccc(C(=O)CN)cc2)c2nn[nH]n2)cc1. The van der Waals surface area contributed by atoms with Gasteiger partial charge in [-0.2, -0.15) is 5.21 Å². The summed E-state index contributed by atoms with van der Waals surface area (Å²) < 4.78 is 0. The lowest BCUT2D eigenvalue weighted by atomic mass is 9.69. The number of aromatic amines is 1. The predicted molar refractivity (Wildman–Crippen MR) is 112 cm³/mol. The number of nitrogens with two attached hydrogens (primary N) is 2. The summed E-state index contributed by atoms with van der Waals surface area (Å²) in [5.41, 5.74) is 13.7. The van der Waals surface area contributed by atoms with Gasteiger partial charge in [0, 0.05) is 24.2 Å². The lowest BCUT2D eigenvalue weighted by molar-refractivity contribution is 0.0961. The van der Waals surface area contributed by atoms with E-state index in [1.165, 1.54) is 0 Å². The lowest BCUT2D eigenvalue weighted by Gasteiger charge is -2.34. The molecule has 1 aromatic heterocycles. The Morgan fingerprint density at radius 2 is 1.63 bits per heavy atom. The quantitative estimate of drug-likeness (QED) is 0.402. The third-order valence-electron chi connectivity index (χ3n) is 5.11. The topological polar surface area (TPSA) is 153 Å². The first-order chi connectivity index (χ1) is 14.4. The highest BCUT2D eigenvalue weighted by molar-refractivity contribution is 5.97. The number of H-pyrrole nitrogens is 1. The zero-order chi connectivity index (χ0) is 21.7. The molecule has 2 atom stereocenters. The van der Waals surface area contributed by atoms with E-state index < -0.39 is 5.41 Å². The van der Waals surface area contributed by atoms with Crippen LogP contribution >= 0.6 is 0 Å². The number of nitrogens with zero attached hydrogens (tertiary/aromatic N) is 3. The van der Waals surface area contributed by atoms with Crippen LogP contribution in [-0.4, -0.2) is 51.9 Å². The molecule has 156 valence electrons. The maximum absolute atomic E-state index is 12.0. The molecule has 1 heterocycles. The monoisotopic (exact) mass is 407 g/mol. The first kappa shape index (κ1) is 21.3. The number of tetrazole rings is 1. The zero-order valence-corrected chi connectivity index (χ0v) is 16.9. The summed E-state index contributed by atoms with van der Waals surface area (Å²) in [5, 5.41) is 17.4. The molecule has 0 radical (unpaired) electrons. The van der Waals surface area contributed by atoms with Gasteiger partial charge in [-0.05, 0) is 36.6 Å². The van der Waals surface area contributed by atoms with Crippen LogP contribution in [0.25, 0.3) is 0 Å². The van der Waals surface area contributed by atoms with E-state index in [-0.39, 0.29) is 24.3 Å². The maximum atomic E-state index is 12.0. The first-order valence-electron chi connectivity index (χ1n) is 9.58. The molecule has 1 amide bonds. The molecular formula is C21H25N7O2. The van der Waals surface area contributed by atoms with Gasteiger partial charge in [0.15, 0.2) is 11.6 Å². The number of Topliss-reactive ketones (excluding diaryl/α,β-unsaturated/α-hetero) is 1. The van der Waals surface area contributed by atoms with E-state index in [9.17, 15) is 9.59 Å². The number of nitrogens with one attached hydrogen (secondary N) is 2. The van der Waals surface area contributed by atoms with Crippen LogP contribution in [0.2, 0.25) is 0 Å². The van der Waals surface area contributed by atoms with Crippen LogP contribution in [0.1, 0.15) is 51.0 Å². The molecule has 3 rings (SSSR count). The Kier molecular flexibility index (Phi) is 6.34. The van der Waals surface area contributed by atoms with E-state index in [1.807, 2.05) is 31.2 Å². The van der Waals surface area contributed by atoms with Gasteiger partial charge in [-0.15, -0.1) is 10.2 Å². The largest absolute Gasteiger partial charge is 0.355 e. The Labute approximate surface area is 174 Å². The lowest BCUT2D eigenvalue weighted by Crippen LogP contribution is -2.37. The van der Waals surface area contributed by atoms with Crippen LogP contribution in [0, 0.1) is 0 Å². The zero-order valence-electron chi connectivity index (χ0n) is 16.9. The second-order valence-corrected chi connectivity index (χ2v) is 7.18. The minimum Gasteiger partial charge on any atom is -0.355 e. The van der Waals surface area contributed by atoms with E-state index >= 15 is 0 Å². The number of carbonyl (C=O) groups is 2. The second-order valence-electron chi connectivity index (χ2n) is 7.18. The summed E-state index contributed by atoms with van der Waals surface area (Å²) in [7, 11) is 1.58. The number of amides is 1. The summed E-state index contributed by atoms with van der Waals surface area (Å²) in [4.78, 5) is 23.9. The molecule has 3 aromatic rings. The van der Waals surface area contributed by atoms with Crippen LogP contribution in [0.15, 0.2) is 48.5 Å². The Balaban J connectivity index is 2.20. The number of hydrogen-bond donors (Lipinski definition) is 4. The highest BCUT2D eigenvalue weighted by Crippen LogP contribution is 2.41. The molecule has 0 spiro atoms. The van der Waals surface area contributed by atoms with Crippen molar-refractivity contribution in [2.24, 2.45) is 11.5 Å². The van der Waals surface area contributed by atoms with Crippen molar-refractivity contribution in [1.82, 2.24) is 25.9 Å². The third-order valence-corrected chi connectivity index (χ3v) is 5.11. The van der Waals surface area contributed by atoms with Crippen LogP contribution in [0.5, 0.6) is 0 Å². The van der Waals surface area contributed by atoms with Crippen LogP contribution in [-0.2, 0) is 5.41 Å². The Bertz CT molecular complexity index is 937. The molecule has 0 fully saturated rings. The number of aromatic nitrogens is 4. The van der Waals surface area contributed by atoms with Gasteiger partial charge >= 0.3 is 0 Å². The number of rotatable bonds is 8. The van der Waals surface area contributed by atoms with E-state index in [0.29, 0.717) is 23.4 Å². The van der Waals surface area contributed by atoms with Crippen molar-refractivity contribution in [2.45, 2.75) is 24.8 Å². The highest BCUT2D eigenvalue weighted by Gasteiger charge is 2.41. The van der Waals surface area contributed by atoms with Gasteiger partial charge in [-0.25, -0.2) is 0 Å². The molecule has 0 bridgehead atoms. The summed E-state index contributed by atoms with van der Waals surface area (Å²) in [5.74, 6) is 0.128. The fourth-order valence-electron chi connectivity index (χ4n) is 3.69. The van der Waals surface area contributed by atoms with Gasteiger partial charge in [-0.3, -0.25) is 9.59 Å². The Morgan fingerprint density at radius 3 is 2.07 bits per heavy atom. The van der Waals surface area contributed by atoms with Crippen molar-refractivity contribution in [1.29, 1.82) is 0 Å². The van der Waals surface area contributed by atoms with E-state index in [2.05, 4.69) is 25.9 Å². The second kappa shape index (κ2) is 8.93. The molecule has 9 nitrogen and oxygen atoms in total. The van der Waals surface area contributed by atoms with Gasteiger partial charge in [0.25, 0.3) is 5.91 Å². The van der Waals surface area contributed by atoms with Crippen molar-refractivity contribution in [3.63, 3.8) is 0 Å². The fraction of sp³-hybridized carbons (Fsp3) is 0.286. The van der Waals surface area contributed by atoms with Crippen LogP contribution in [0.4, 0.5) is 0 Å². The van der Waals surface area contributed by atoms with Crippen LogP contribution in [0.3, 0.4) is 0 Å². The van der Waals surface area contributed by atoms with Crippen molar-refractivity contribution >= 4 is 11.7 Å². The summed E-state index contributed by atoms with van der Waals surface area (Å²) >= 11 is 0. The fourth-order valence-corrected chi connectivity index (χ4v) is 3.69. The third kappa shape index (κ3) is 3.98. The molecule has 6 N–H and O–H groups in total. The molecule has 9 heteroatoms. The highest BCUT2D eigenvalue weighted by atomic mass is 16.1. The number of benzene rings is 2. The number of carbonyl (C=O) groups excluding carboxylic acids is 2.